The van der Waals surface area contributed by atoms with Crippen molar-refractivity contribution < 1.29 is 23.4 Å². The first kappa shape index (κ1) is 18.4. The molecule has 4 rings (SSSR count). The van der Waals surface area contributed by atoms with Crippen LogP contribution >= 0.6 is 0 Å². The van der Waals surface area contributed by atoms with Crippen LogP contribution in [0.3, 0.4) is 0 Å². The SMILES string of the molecule is Cc1[nH]c(-c2ccccc2Oc2ccc(F)cc2F)c2cc(C(=O)O)[nH]c(=O)c12. The fraction of sp³-hybridized carbons (Fsp3) is 0.0476. The number of benzene rings is 2. The third-order valence-corrected chi connectivity index (χ3v) is 4.49. The number of aryl methyl sites for hydroxylation is 1. The monoisotopic (exact) mass is 396 g/mol. The summed E-state index contributed by atoms with van der Waals surface area (Å²) in [5.41, 5.74) is 0.671. The Kier molecular flexibility index (Phi) is 4.38. The van der Waals surface area contributed by atoms with Crippen molar-refractivity contribution in [3.05, 3.63) is 81.9 Å². The van der Waals surface area contributed by atoms with E-state index in [0.717, 1.165) is 6.07 Å². The lowest BCUT2D eigenvalue weighted by Gasteiger charge is -2.11. The Morgan fingerprint density at radius 1 is 1.03 bits per heavy atom. The van der Waals surface area contributed by atoms with Gasteiger partial charge in [-0.15, -0.1) is 0 Å². The van der Waals surface area contributed by atoms with E-state index in [1.165, 1.54) is 12.1 Å². The second-order valence-electron chi connectivity index (χ2n) is 6.40. The van der Waals surface area contributed by atoms with Gasteiger partial charge in [0.1, 0.15) is 17.3 Å². The van der Waals surface area contributed by atoms with Crippen molar-refractivity contribution in [2.24, 2.45) is 0 Å². The zero-order chi connectivity index (χ0) is 20.7. The van der Waals surface area contributed by atoms with E-state index >= 15 is 0 Å². The van der Waals surface area contributed by atoms with Crippen LogP contribution in [-0.4, -0.2) is 21.0 Å². The number of nitrogens with one attached hydrogen (secondary N) is 2. The molecule has 0 saturated carbocycles. The van der Waals surface area contributed by atoms with Crippen LogP contribution in [-0.2, 0) is 0 Å². The van der Waals surface area contributed by atoms with E-state index < -0.39 is 23.2 Å². The highest BCUT2D eigenvalue weighted by Crippen LogP contribution is 2.37. The third kappa shape index (κ3) is 3.25. The molecule has 0 atom stereocenters. The van der Waals surface area contributed by atoms with Gasteiger partial charge in [0, 0.05) is 22.7 Å². The lowest BCUT2D eigenvalue weighted by atomic mass is 10.1. The molecule has 2 heterocycles. The van der Waals surface area contributed by atoms with Crippen LogP contribution in [0.25, 0.3) is 22.0 Å². The number of hydrogen-bond donors (Lipinski definition) is 3. The van der Waals surface area contributed by atoms with Crippen LogP contribution in [0.5, 0.6) is 11.5 Å². The molecule has 0 saturated heterocycles. The minimum absolute atomic E-state index is 0.171. The van der Waals surface area contributed by atoms with Gasteiger partial charge in [0.15, 0.2) is 11.6 Å². The highest BCUT2D eigenvalue weighted by atomic mass is 19.1. The van der Waals surface area contributed by atoms with E-state index in [9.17, 15) is 23.5 Å². The number of aromatic carboxylic acids is 1. The average molecular weight is 396 g/mol. The molecule has 29 heavy (non-hydrogen) atoms. The van der Waals surface area contributed by atoms with E-state index in [1.54, 1.807) is 31.2 Å². The molecular weight excluding hydrogens is 382 g/mol. The zero-order valence-electron chi connectivity index (χ0n) is 15.0. The van der Waals surface area contributed by atoms with Crippen LogP contribution in [0.4, 0.5) is 8.78 Å². The second-order valence-corrected chi connectivity index (χ2v) is 6.40. The maximum absolute atomic E-state index is 14.0. The summed E-state index contributed by atoms with van der Waals surface area (Å²) in [5, 5.41) is 9.96. The highest BCUT2D eigenvalue weighted by Gasteiger charge is 2.19. The average Bonchev–Trinajstić information content (AvgIpc) is 3.01. The molecule has 0 radical (unpaired) electrons. The van der Waals surface area contributed by atoms with Crippen LogP contribution in [0.15, 0.2) is 53.3 Å². The lowest BCUT2D eigenvalue weighted by Crippen LogP contribution is -2.12. The van der Waals surface area contributed by atoms with Crippen molar-refractivity contribution in [1.29, 1.82) is 0 Å². The summed E-state index contributed by atoms with van der Waals surface area (Å²) in [6.45, 7) is 1.69. The summed E-state index contributed by atoms with van der Waals surface area (Å²) in [4.78, 5) is 29.1. The van der Waals surface area contributed by atoms with E-state index in [0.29, 0.717) is 33.8 Å². The first-order valence-corrected chi connectivity index (χ1v) is 8.56. The Bertz CT molecular complexity index is 1320. The number of halogens is 2. The summed E-state index contributed by atoms with van der Waals surface area (Å²) in [6.07, 6.45) is 0. The highest BCUT2D eigenvalue weighted by molar-refractivity contribution is 6.01. The van der Waals surface area contributed by atoms with Crippen molar-refractivity contribution in [2.75, 3.05) is 0 Å². The van der Waals surface area contributed by atoms with Crippen LogP contribution < -0.4 is 10.3 Å². The van der Waals surface area contributed by atoms with Gasteiger partial charge in [0.2, 0.25) is 0 Å². The van der Waals surface area contributed by atoms with Crippen molar-refractivity contribution >= 4 is 16.7 Å². The molecule has 2 aromatic carbocycles. The van der Waals surface area contributed by atoms with Gasteiger partial charge in [-0.2, -0.15) is 0 Å². The molecule has 0 fully saturated rings. The topological polar surface area (TPSA) is 95.2 Å². The summed E-state index contributed by atoms with van der Waals surface area (Å²) >= 11 is 0. The Labute approximate surface area is 162 Å². The smallest absolute Gasteiger partial charge is 0.352 e. The number of carboxylic acid groups (broad SMARTS) is 1. The number of H-pyrrole nitrogens is 2. The maximum atomic E-state index is 14.0. The predicted molar refractivity (Wildman–Crippen MR) is 102 cm³/mol. The molecule has 2 aromatic heterocycles. The summed E-state index contributed by atoms with van der Waals surface area (Å²) in [6, 6.07) is 11.0. The van der Waals surface area contributed by atoms with Crippen molar-refractivity contribution in [3.63, 3.8) is 0 Å². The van der Waals surface area contributed by atoms with Crippen LogP contribution in [0.2, 0.25) is 0 Å². The second kappa shape index (κ2) is 6.90. The minimum atomic E-state index is -1.27. The Morgan fingerprint density at radius 2 is 1.79 bits per heavy atom. The van der Waals surface area contributed by atoms with E-state index in [-0.39, 0.29) is 17.2 Å². The molecule has 0 aliphatic carbocycles. The number of pyridine rings is 1. The molecular formula is C21H14F2N2O4. The quantitative estimate of drug-likeness (QED) is 0.470. The van der Waals surface area contributed by atoms with Gasteiger partial charge < -0.3 is 19.8 Å². The minimum Gasteiger partial charge on any atom is -0.477 e. The Morgan fingerprint density at radius 3 is 2.52 bits per heavy atom. The van der Waals surface area contributed by atoms with Gasteiger partial charge in [0.05, 0.1) is 11.1 Å². The standard InChI is InChI=1S/C21H14F2N2O4/c1-10-18-13(9-15(21(27)28)25-20(18)26)19(24-10)12-4-2-3-5-16(12)29-17-7-6-11(22)8-14(17)23/h2-9,24H,1H3,(H,25,26)(H,27,28). The van der Waals surface area contributed by atoms with Gasteiger partial charge in [-0.05, 0) is 37.3 Å². The lowest BCUT2D eigenvalue weighted by molar-refractivity contribution is 0.0690. The zero-order valence-corrected chi connectivity index (χ0v) is 15.0. The number of aromatic nitrogens is 2. The van der Waals surface area contributed by atoms with E-state index in [1.807, 2.05) is 0 Å². The fourth-order valence-corrected chi connectivity index (χ4v) is 3.21. The van der Waals surface area contributed by atoms with Gasteiger partial charge in [0.25, 0.3) is 5.56 Å². The van der Waals surface area contributed by atoms with Crippen molar-refractivity contribution in [3.8, 4) is 22.8 Å². The Balaban J connectivity index is 1.91. The molecule has 0 amide bonds. The Hall–Kier alpha value is -3.94. The summed E-state index contributed by atoms with van der Waals surface area (Å²) < 4.78 is 32.9. The third-order valence-electron chi connectivity index (χ3n) is 4.49. The maximum Gasteiger partial charge on any atom is 0.352 e. The summed E-state index contributed by atoms with van der Waals surface area (Å²) in [5.74, 6) is -2.79. The number of rotatable bonds is 4. The van der Waals surface area contributed by atoms with Crippen LogP contribution in [0.1, 0.15) is 16.2 Å². The van der Waals surface area contributed by atoms with Gasteiger partial charge >= 0.3 is 5.97 Å². The molecule has 146 valence electrons. The van der Waals surface area contributed by atoms with E-state index in [4.69, 9.17) is 4.74 Å². The van der Waals surface area contributed by atoms with Gasteiger partial charge in [-0.3, -0.25) is 4.79 Å². The number of para-hydroxylation sites is 1. The molecule has 0 bridgehead atoms. The first-order valence-electron chi connectivity index (χ1n) is 8.56. The first-order chi connectivity index (χ1) is 13.8. The molecule has 0 spiro atoms. The van der Waals surface area contributed by atoms with Crippen LogP contribution in [0, 0.1) is 18.6 Å². The number of carbonyl (C=O) groups is 1. The largest absolute Gasteiger partial charge is 0.477 e. The molecule has 4 aromatic rings. The summed E-state index contributed by atoms with van der Waals surface area (Å²) in [7, 11) is 0. The molecule has 3 N–H and O–H groups in total. The molecule has 6 nitrogen and oxygen atoms in total. The van der Waals surface area contributed by atoms with Crippen molar-refractivity contribution in [2.45, 2.75) is 6.92 Å². The molecule has 0 aliphatic rings. The van der Waals surface area contributed by atoms with E-state index in [2.05, 4.69) is 9.97 Å². The van der Waals surface area contributed by atoms with Crippen molar-refractivity contribution in [1.82, 2.24) is 9.97 Å². The molecule has 8 heteroatoms. The predicted octanol–water partition coefficient (Wildman–Crippen LogP) is 4.60. The number of hydrogen-bond acceptors (Lipinski definition) is 3. The number of aromatic amines is 2. The molecule has 0 aliphatic heterocycles. The molecule has 0 unspecified atom stereocenters. The number of fused-ring (bicyclic) bond motifs is 1. The van der Waals surface area contributed by atoms with Gasteiger partial charge in [-0.25, -0.2) is 13.6 Å². The fourth-order valence-electron chi connectivity index (χ4n) is 3.21. The number of ether oxygens (including phenoxy) is 1. The normalized spacial score (nSPS) is 11.0. The number of carboxylic acids is 1. The van der Waals surface area contributed by atoms with Gasteiger partial charge in [-0.1, -0.05) is 12.1 Å².